The van der Waals surface area contributed by atoms with Crippen molar-refractivity contribution in [3.63, 3.8) is 0 Å². The first kappa shape index (κ1) is 18.5. The number of aryl methyl sites for hydroxylation is 2. The minimum Gasteiger partial charge on any atom is -0.361 e. The molecule has 1 atom stereocenters. The predicted octanol–water partition coefficient (Wildman–Crippen LogP) is 3.91. The molecule has 24 heavy (non-hydrogen) atoms. The van der Waals surface area contributed by atoms with E-state index in [0.717, 1.165) is 40.4 Å². The van der Waals surface area contributed by atoms with Crippen molar-refractivity contribution in [1.29, 1.82) is 0 Å². The number of rotatable bonds is 6. The smallest absolute Gasteiger partial charge is 0.191 e. The molecule has 0 amide bonds. The summed E-state index contributed by atoms with van der Waals surface area (Å²) in [4.78, 5) is 4.68. The first-order valence-electron chi connectivity index (χ1n) is 8.24. The summed E-state index contributed by atoms with van der Waals surface area (Å²) in [5.74, 6) is 1.69. The van der Waals surface area contributed by atoms with Crippen LogP contribution in [0.25, 0.3) is 0 Å². The summed E-state index contributed by atoms with van der Waals surface area (Å²) in [6.45, 7) is 9.60. The second-order valence-corrected chi connectivity index (χ2v) is 6.56. The van der Waals surface area contributed by atoms with Crippen LogP contribution >= 0.6 is 15.9 Å². The lowest BCUT2D eigenvalue weighted by atomic mass is 10.1. The third-order valence-corrected chi connectivity index (χ3v) is 4.60. The molecule has 1 aromatic heterocycles. The van der Waals surface area contributed by atoms with Gasteiger partial charge in [0.25, 0.3) is 0 Å². The molecule has 2 N–H and O–H groups in total. The molecule has 0 aliphatic heterocycles. The monoisotopic (exact) mass is 392 g/mol. The zero-order valence-corrected chi connectivity index (χ0v) is 16.3. The van der Waals surface area contributed by atoms with Crippen molar-refractivity contribution in [1.82, 2.24) is 15.8 Å². The fourth-order valence-corrected chi connectivity index (χ4v) is 3.20. The minimum absolute atomic E-state index is 0.150. The Kier molecular flexibility index (Phi) is 6.85. The third kappa shape index (κ3) is 4.84. The fraction of sp³-hybridized carbons (Fsp3) is 0.444. The van der Waals surface area contributed by atoms with E-state index in [-0.39, 0.29) is 6.04 Å². The maximum absolute atomic E-state index is 5.20. The van der Waals surface area contributed by atoms with Gasteiger partial charge in [-0.2, -0.15) is 0 Å². The Morgan fingerprint density at radius 1 is 1.33 bits per heavy atom. The van der Waals surface area contributed by atoms with Crippen molar-refractivity contribution < 1.29 is 4.52 Å². The van der Waals surface area contributed by atoms with Crippen LogP contribution in [0.5, 0.6) is 0 Å². The van der Waals surface area contributed by atoms with Crippen molar-refractivity contribution in [2.45, 2.75) is 40.2 Å². The molecule has 0 radical (unpaired) electrons. The largest absolute Gasteiger partial charge is 0.361 e. The predicted molar refractivity (Wildman–Crippen MR) is 101 cm³/mol. The Labute approximate surface area is 152 Å². The van der Waals surface area contributed by atoms with Crippen molar-refractivity contribution in [3.8, 4) is 0 Å². The SMILES string of the molecule is CCNC(=NCCc1c(C)noc1C)NC(C)c1ccccc1Br. The van der Waals surface area contributed by atoms with Gasteiger partial charge < -0.3 is 15.2 Å². The molecular formula is C18H25BrN4O. The number of nitrogens with one attached hydrogen (secondary N) is 2. The van der Waals surface area contributed by atoms with Crippen molar-refractivity contribution in [2.24, 2.45) is 4.99 Å². The Balaban J connectivity index is 2.02. The van der Waals surface area contributed by atoms with Gasteiger partial charge in [-0.3, -0.25) is 4.99 Å². The first-order chi connectivity index (χ1) is 11.5. The van der Waals surface area contributed by atoms with Crippen LogP contribution in [-0.2, 0) is 6.42 Å². The summed E-state index contributed by atoms with van der Waals surface area (Å²) in [7, 11) is 0. The quantitative estimate of drug-likeness (QED) is 0.577. The second-order valence-electron chi connectivity index (χ2n) is 5.70. The standard InChI is InChI=1S/C18H25BrN4O/c1-5-20-18(21-11-10-15-13(3)23-24-14(15)4)22-12(2)16-8-6-7-9-17(16)19/h6-9,12H,5,10-11H2,1-4H3,(H2,20,21,22). The highest BCUT2D eigenvalue weighted by atomic mass is 79.9. The van der Waals surface area contributed by atoms with E-state index < -0.39 is 0 Å². The third-order valence-electron chi connectivity index (χ3n) is 3.88. The highest BCUT2D eigenvalue weighted by Gasteiger charge is 2.11. The Bertz CT molecular complexity index is 677. The van der Waals surface area contributed by atoms with Crippen LogP contribution in [0.15, 0.2) is 38.3 Å². The molecule has 0 bridgehead atoms. The Hall–Kier alpha value is -1.82. The Morgan fingerprint density at radius 2 is 2.08 bits per heavy atom. The summed E-state index contributed by atoms with van der Waals surface area (Å²) in [5, 5.41) is 10.7. The zero-order chi connectivity index (χ0) is 17.5. The normalized spacial score (nSPS) is 13.0. The van der Waals surface area contributed by atoms with Crippen LogP contribution in [-0.4, -0.2) is 24.2 Å². The van der Waals surface area contributed by atoms with Gasteiger partial charge in [-0.1, -0.05) is 39.3 Å². The molecule has 1 aromatic carbocycles. The summed E-state index contributed by atoms with van der Waals surface area (Å²) >= 11 is 3.60. The van der Waals surface area contributed by atoms with Crippen LogP contribution < -0.4 is 10.6 Å². The van der Waals surface area contributed by atoms with E-state index in [1.807, 2.05) is 26.0 Å². The topological polar surface area (TPSA) is 62.5 Å². The zero-order valence-electron chi connectivity index (χ0n) is 14.7. The molecule has 0 aliphatic rings. The second kappa shape index (κ2) is 8.87. The van der Waals surface area contributed by atoms with Gasteiger partial charge in [-0.25, -0.2) is 0 Å². The number of guanidine groups is 1. The number of aromatic nitrogens is 1. The van der Waals surface area contributed by atoms with Crippen LogP contribution in [0.2, 0.25) is 0 Å². The Morgan fingerprint density at radius 3 is 2.71 bits per heavy atom. The molecule has 2 rings (SSSR count). The van der Waals surface area contributed by atoms with Gasteiger partial charge in [-0.05, 0) is 45.7 Å². The number of hydrogen-bond acceptors (Lipinski definition) is 3. The number of hydrogen-bond donors (Lipinski definition) is 2. The van der Waals surface area contributed by atoms with Crippen molar-refractivity contribution in [3.05, 3.63) is 51.3 Å². The molecule has 0 spiro atoms. The molecule has 6 heteroatoms. The van der Waals surface area contributed by atoms with Crippen LogP contribution in [0.4, 0.5) is 0 Å². The van der Waals surface area contributed by atoms with E-state index in [4.69, 9.17) is 4.52 Å². The molecule has 0 saturated carbocycles. The molecule has 0 fully saturated rings. The minimum atomic E-state index is 0.150. The van der Waals surface area contributed by atoms with E-state index in [1.165, 1.54) is 5.56 Å². The average molecular weight is 393 g/mol. The molecule has 1 heterocycles. The van der Waals surface area contributed by atoms with Gasteiger partial charge in [0.15, 0.2) is 5.96 Å². The maximum Gasteiger partial charge on any atom is 0.191 e. The molecule has 130 valence electrons. The van der Waals surface area contributed by atoms with Crippen molar-refractivity contribution >= 4 is 21.9 Å². The molecule has 0 aliphatic carbocycles. The van der Waals surface area contributed by atoms with Crippen LogP contribution in [0.1, 0.15) is 42.5 Å². The molecular weight excluding hydrogens is 368 g/mol. The number of halogens is 1. The van der Waals surface area contributed by atoms with Gasteiger partial charge in [-0.15, -0.1) is 0 Å². The van der Waals surface area contributed by atoms with Gasteiger partial charge in [0, 0.05) is 23.1 Å². The van der Waals surface area contributed by atoms with E-state index in [2.05, 4.69) is 62.7 Å². The molecule has 0 saturated heterocycles. The van der Waals surface area contributed by atoms with E-state index in [1.54, 1.807) is 0 Å². The van der Waals surface area contributed by atoms with Gasteiger partial charge in [0.05, 0.1) is 11.7 Å². The van der Waals surface area contributed by atoms with E-state index in [0.29, 0.717) is 6.54 Å². The summed E-state index contributed by atoms with van der Waals surface area (Å²) in [6, 6.07) is 8.37. The van der Waals surface area contributed by atoms with E-state index in [9.17, 15) is 0 Å². The van der Waals surface area contributed by atoms with Crippen molar-refractivity contribution in [2.75, 3.05) is 13.1 Å². The number of benzene rings is 1. The lowest BCUT2D eigenvalue weighted by molar-refractivity contribution is 0.392. The fourth-order valence-electron chi connectivity index (χ4n) is 2.57. The van der Waals surface area contributed by atoms with Crippen LogP contribution in [0.3, 0.4) is 0 Å². The molecule has 5 nitrogen and oxygen atoms in total. The summed E-state index contributed by atoms with van der Waals surface area (Å²) < 4.78 is 6.29. The summed E-state index contributed by atoms with van der Waals surface area (Å²) in [5.41, 5.74) is 3.30. The van der Waals surface area contributed by atoms with Gasteiger partial charge in [0.1, 0.15) is 5.76 Å². The van der Waals surface area contributed by atoms with Gasteiger partial charge >= 0.3 is 0 Å². The molecule has 2 aromatic rings. The lowest BCUT2D eigenvalue weighted by Crippen LogP contribution is -2.39. The van der Waals surface area contributed by atoms with Crippen LogP contribution in [0, 0.1) is 13.8 Å². The average Bonchev–Trinajstić information content (AvgIpc) is 2.87. The summed E-state index contributed by atoms with van der Waals surface area (Å²) in [6.07, 6.45) is 0.821. The maximum atomic E-state index is 5.20. The highest BCUT2D eigenvalue weighted by Crippen LogP contribution is 2.22. The lowest BCUT2D eigenvalue weighted by Gasteiger charge is -2.19. The highest BCUT2D eigenvalue weighted by molar-refractivity contribution is 9.10. The number of nitrogens with zero attached hydrogens (tertiary/aromatic N) is 2. The molecule has 1 unspecified atom stereocenters. The van der Waals surface area contributed by atoms with Gasteiger partial charge in [0.2, 0.25) is 0 Å². The van der Waals surface area contributed by atoms with E-state index >= 15 is 0 Å². The first-order valence-corrected chi connectivity index (χ1v) is 9.03. The number of aliphatic imine (C=N–C) groups is 1.